The highest BCUT2D eigenvalue weighted by Gasteiger charge is 2.17. The lowest BCUT2D eigenvalue weighted by Gasteiger charge is -2.11. The van der Waals surface area contributed by atoms with Crippen molar-refractivity contribution in [3.05, 3.63) is 68.2 Å². The summed E-state index contributed by atoms with van der Waals surface area (Å²) in [5.41, 5.74) is 1.15. The first kappa shape index (κ1) is 17.4. The summed E-state index contributed by atoms with van der Waals surface area (Å²) >= 11 is 5.88. The maximum absolute atomic E-state index is 12.5. The molecule has 0 saturated carbocycles. The Hall–Kier alpha value is -2.93. The number of non-ortho nitro benzene ring substituents is 1. The zero-order valence-corrected chi connectivity index (χ0v) is 13.3. The Labute approximate surface area is 142 Å². The largest absolute Gasteiger partial charge is 0.481 e. The van der Waals surface area contributed by atoms with E-state index in [0.29, 0.717) is 11.1 Å². The molecular weight excluding hydrogens is 336 g/mol. The van der Waals surface area contributed by atoms with Crippen LogP contribution in [0, 0.1) is 17.0 Å². The molecule has 0 bridgehead atoms. The normalized spacial score (nSPS) is 10.2. The number of nitro benzene ring substituents is 1. The smallest absolute Gasteiger partial charge is 0.307 e. The van der Waals surface area contributed by atoms with Gasteiger partial charge >= 0.3 is 5.97 Å². The Kier molecular flexibility index (Phi) is 5.15. The van der Waals surface area contributed by atoms with E-state index in [1.165, 1.54) is 36.4 Å². The number of carboxylic acid groups (broad SMARTS) is 1. The summed E-state index contributed by atoms with van der Waals surface area (Å²) < 4.78 is 0. The van der Waals surface area contributed by atoms with Gasteiger partial charge in [0.15, 0.2) is 0 Å². The number of nitrogens with one attached hydrogen (secondary N) is 1. The Morgan fingerprint density at radius 2 is 1.96 bits per heavy atom. The molecule has 0 aliphatic carbocycles. The molecule has 0 aliphatic rings. The summed E-state index contributed by atoms with van der Waals surface area (Å²) in [6.07, 6.45) is -0.339. The second-order valence-electron chi connectivity index (χ2n) is 5.08. The first-order valence-electron chi connectivity index (χ1n) is 6.84. The van der Waals surface area contributed by atoms with Crippen LogP contribution in [0.3, 0.4) is 0 Å². The highest BCUT2D eigenvalue weighted by atomic mass is 35.5. The van der Waals surface area contributed by atoms with Gasteiger partial charge in [0, 0.05) is 22.7 Å². The average Bonchev–Trinajstić information content (AvgIpc) is 2.50. The van der Waals surface area contributed by atoms with Gasteiger partial charge in [0.05, 0.1) is 17.0 Å². The number of hydrogen-bond donors (Lipinski definition) is 2. The number of nitro groups is 1. The molecule has 8 heteroatoms. The minimum absolute atomic E-state index is 0.107. The molecular formula is C16H13ClN2O5. The molecule has 0 aliphatic heterocycles. The van der Waals surface area contributed by atoms with Crippen LogP contribution in [-0.2, 0) is 11.2 Å². The number of nitrogens with zero attached hydrogens (tertiary/aromatic N) is 1. The summed E-state index contributed by atoms with van der Waals surface area (Å²) in [6, 6.07) is 8.42. The molecule has 0 unspecified atom stereocenters. The maximum atomic E-state index is 12.5. The van der Waals surface area contributed by atoms with Gasteiger partial charge in [-0.05, 0) is 30.2 Å². The van der Waals surface area contributed by atoms with Crippen LogP contribution in [0.5, 0.6) is 0 Å². The van der Waals surface area contributed by atoms with Gasteiger partial charge in [0.1, 0.15) is 0 Å². The topological polar surface area (TPSA) is 110 Å². The fourth-order valence-electron chi connectivity index (χ4n) is 2.12. The number of halogens is 1. The fraction of sp³-hybridized carbons (Fsp3) is 0.125. The van der Waals surface area contributed by atoms with E-state index < -0.39 is 16.8 Å². The predicted molar refractivity (Wildman–Crippen MR) is 88.6 cm³/mol. The van der Waals surface area contributed by atoms with Crippen molar-refractivity contribution in [2.75, 3.05) is 5.32 Å². The second kappa shape index (κ2) is 7.10. The van der Waals surface area contributed by atoms with Crippen LogP contribution < -0.4 is 5.32 Å². The number of aliphatic carboxylic acids is 1. The fourth-order valence-corrected chi connectivity index (χ4v) is 2.30. The minimum atomic E-state index is -1.09. The summed E-state index contributed by atoms with van der Waals surface area (Å²) in [5.74, 6) is -1.67. The lowest BCUT2D eigenvalue weighted by atomic mass is 10.0. The van der Waals surface area contributed by atoms with Crippen molar-refractivity contribution in [2.24, 2.45) is 0 Å². The van der Waals surface area contributed by atoms with Gasteiger partial charge in [-0.1, -0.05) is 23.7 Å². The molecule has 24 heavy (non-hydrogen) atoms. The van der Waals surface area contributed by atoms with E-state index in [1.807, 2.05) is 0 Å². The number of aryl methyl sites for hydroxylation is 1. The van der Waals surface area contributed by atoms with Crippen LogP contribution in [0.1, 0.15) is 21.5 Å². The molecule has 0 spiro atoms. The van der Waals surface area contributed by atoms with Gasteiger partial charge < -0.3 is 10.4 Å². The van der Waals surface area contributed by atoms with Crippen LogP contribution in [0.25, 0.3) is 0 Å². The first-order valence-corrected chi connectivity index (χ1v) is 7.22. The van der Waals surface area contributed by atoms with Crippen molar-refractivity contribution in [2.45, 2.75) is 13.3 Å². The highest BCUT2D eigenvalue weighted by molar-refractivity contribution is 6.31. The van der Waals surface area contributed by atoms with Crippen molar-refractivity contribution < 1.29 is 19.6 Å². The number of anilines is 1. The van der Waals surface area contributed by atoms with Crippen molar-refractivity contribution in [3.63, 3.8) is 0 Å². The Bertz CT molecular complexity index is 835. The molecule has 2 aromatic carbocycles. The standard InChI is InChI=1S/C16H13ClN2O5/c1-9-2-5-12(19(23)24)8-14(9)18-16(22)13-7-11(17)4-3-10(13)6-15(20)21/h2-5,7-8H,6H2,1H3,(H,18,22)(H,20,21). The van der Waals surface area contributed by atoms with Gasteiger partial charge in [-0.25, -0.2) is 0 Å². The van der Waals surface area contributed by atoms with Crippen molar-refractivity contribution in [1.82, 2.24) is 0 Å². The molecule has 7 nitrogen and oxygen atoms in total. The van der Waals surface area contributed by atoms with Gasteiger partial charge in [0.25, 0.3) is 11.6 Å². The third kappa shape index (κ3) is 4.08. The van der Waals surface area contributed by atoms with Crippen molar-refractivity contribution >= 4 is 34.9 Å². The number of carboxylic acids is 1. The predicted octanol–water partition coefficient (Wildman–Crippen LogP) is 3.44. The number of carbonyl (C=O) groups is 2. The van der Waals surface area contributed by atoms with E-state index >= 15 is 0 Å². The molecule has 0 aromatic heterocycles. The molecule has 0 atom stereocenters. The van der Waals surface area contributed by atoms with Crippen LogP contribution >= 0.6 is 11.6 Å². The highest BCUT2D eigenvalue weighted by Crippen LogP contribution is 2.24. The lowest BCUT2D eigenvalue weighted by molar-refractivity contribution is -0.384. The number of carbonyl (C=O) groups excluding carboxylic acids is 1. The number of hydrogen-bond acceptors (Lipinski definition) is 4. The molecule has 2 rings (SSSR count). The van der Waals surface area contributed by atoms with Crippen LogP contribution in [0.15, 0.2) is 36.4 Å². The quantitative estimate of drug-likeness (QED) is 0.635. The SMILES string of the molecule is Cc1ccc([N+](=O)[O-])cc1NC(=O)c1cc(Cl)ccc1CC(=O)O. The van der Waals surface area contributed by atoms with E-state index in [4.69, 9.17) is 16.7 Å². The number of rotatable bonds is 5. The lowest BCUT2D eigenvalue weighted by Crippen LogP contribution is -2.16. The Morgan fingerprint density at radius 1 is 1.25 bits per heavy atom. The number of benzene rings is 2. The van der Waals surface area contributed by atoms with Gasteiger partial charge in [-0.2, -0.15) is 0 Å². The maximum Gasteiger partial charge on any atom is 0.307 e. The van der Waals surface area contributed by atoms with Crippen molar-refractivity contribution in [3.8, 4) is 0 Å². The molecule has 2 N–H and O–H groups in total. The minimum Gasteiger partial charge on any atom is -0.481 e. The molecule has 0 saturated heterocycles. The van der Waals surface area contributed by atoms with E-state index in [2.05, 4.69) is 5.32 Å². The monoisotopic (exact) mass is 348 g/mol. The van der Waals surface area contributed by atoms with E-state index in [-0.39, 0.29) is 28.4 Å². The van der Waals surface area contributed by atoms with Crippen molar-refractivity contribution in [1.29, 1.82) is 0 Å². The summed E-state index contributed by atoms with van der Waals surface area (Å²) in [4.78, 5) is 33.7. The summed E-state index contributed by atoms with van der Waals surface area (Å²) in [7, 11) is 0. The van der Waals surface area contributed by atoms with Gasteiger partial charge in [0.2, 0.25) is 0 Å². The van der Waals surface area contributed by atoms with Crippen LogP contribution in [0.4, 0.5) is 11.4 Å². The third-order valence-electron chi connectivity index (χ3n) is 3.34. The van der Waals surface area contributed by atoms with Gasteiger partial charge in [-0.3, -0.25) is 19.7 Å². The number of amides is 1. The Morgan fingerprint density at radius 3 is 2.58 bits per heavy atom. The summed E-state index contributed by atoms with van der Waals surface area (Å²) in [5, 5.41) is 22.6. The average molecular weight is 349 g/mol. The van der Waals surface area contributed by atoms with E-state index in [9.17, 15) is 19.7 Å². The van der Waals surface area contributed by atoms with Crippen LogP contribution in [-0.4, -0.2) is 21.9 Å². The molecule has 2 aromatic rings. The van der Waals surface area contributed by atoms with Gasteiger partial charge in [-0.15, -0.1) is 0 Å². The summed E-state index contributed by atoms with van der Waals surface area (Å²) in [6.45, 7) is 1.69. The zero-order valence-electron chi connectivity index (χ0n) is 12.6. The molecule has 124 valence electrons. The molecule has 1 amide bonds. The first-order chi connectivity index (χ1) is 11.3. The zero-order chi connectivity index (χ0) is 17.9. The molecule has 0 heterocycles. The third-order valence-corrected chi connectivity index (χ3v) is 3.57. The van der Waals surface area contributed by atoms with E-state index in [0.717, 1.165) is 0 Å². The second-order valence-corrected chi connectivity index (χ2v) is 5.52. The molecule has 0 radical (unpaired) electrons. The van der Waals surface area contributed by atoms with Crippen LogP contribution in [0.2, 0.25) is 5.02 Å². The van der Waals surface area contributed by atoms with E-state index in [1.54, 1.807) is 6.92 Å². The Balaban J connectivity index is 2.37. The molecule has 0 fully saturated rings.